The van der Waals surface area contributed by atoms with E-state index in [2.05, 4.69) is 5.32 Å². The van der Waals surface area contributed by atoms with Crippen LogP contribution in [0.15, 0.2) is 24.3 Å². The first-order valence-electron chi connectivity index (χ1n) is 6.38. The van der Waals surface area contributed by atoms with Crippen molar-refractivity contribution in [2.75, 3.05) is 13.2 Å². The fourth-order valence-corrected chi connectivity index (χ4v) is 1.63. The second-order valence-electron chi connectivity index (χ2n) is 4.72. The van der Waals surface area contributed by atoms with Crippen molar-refractivity contribution in [3.05, 3.63) is 29.8 Å². The second kappa shape index (κ2) is 6.40. The Balaban J connectivity index is 1.67. The van der Waals surface area contributed by atoms with Crippen LogP contribution < -0.4 is 10.1 Å². The molecule has 4 nitrogen and oxygen atoms in total. The van der Waals surface area contributed by atoms with Gasteiger partial charge in [-0.25, -0.2) is 0 Å². The molecule has 0 bridgehead atoms. The number of benzene rings is 1. The van der Waals surface area contributed by atoms with E-state index in [0.29, 0.717) is 13.1 Å². The van der Waals surface area contributed by atoms with Crippen molar-refractivity contribution in [1.29, 1.82) is 0 Å². The maximum absolute atomic E-state index is 10.3. The minimum atomic E-state index is -0.772. The summed E-state index contributed by atoms with van der Waals surface area (Å²) in [5.74, 6) is 0.907. The zero-order chi connectivity index (χ0) is 12.8. The predicted octanol–water partition coefficient (Wildman–Crippen LogP) is 2.04. The van der Waals surface area contributed by atoms with Crippen LogP contribution in [-0.2, 0) is 11.3 Å². The fraction of sp³-hybridized carbons (Fsp3) is 0.500. The number of carboxylic acids is 1. The van der Waals surface area contributed by atoms with Gasteiger partial charge in [0.1, 0.15) is 5.75 Å². The fourth-order valence-electron chi connectivity index (χ4n) is 1.63. The maximum atomic E-state index is 10.3. The van der Waals surface area contributed by atoms with Gasteiger partial charge in [0.05, 0.1) is 13.0 Å². The molecule has 0 radical (unpaired) electrons. The minimum Gasteiger partial charge on any atom is -0.493 e. The van der Waals surface area contributed by atoms with Gasteiger partial charge >= 0.3 is 5.97 Å². The van der Waals surface area contributed by atoms with Gasteiger partial charge in [-0.05, 0) is 36.5 Å². The lowest BCUT2D eigenvalue weighted by Crippen LogP contribution is -2.17. The van der Waals surface area contributed by atoms with Crippen LogP contribution in [0, 0.1) is 5.92 Å². The standard InChI is InChI=1S/C14H19NO3/c16-14(17)7-8-15-9-11-3-5-13(6-4-11)18-10-12-1-2-12/h3-6,12,15H,1-2,7-10H2,(H,16,17). The molecule has 0 atom stereocenters. The van der Waals surface area contributed by atoms with Crippen LogP contribution in [0.1, 0.15) is 24.8 Å². The smallest absolute Gasteiger partial charge is 0.304 e. The van der Waals surface area contributed by atoms with Crippen LogP contribution in [0.25, 0.3) is 0 Å². The molecule has 1 aromatic carbocycles. The zero-order valence-corrected chi connectivity index (χ0v) is 10.4. The Hall–Kier alpha value is -1.55. The van der Waals surface area contributed by atoms with Crippen LogP contribution in [0.5, 0.6) is 5.75 Å². The summed E-state index contributed by atoms with van der Waals surface area (Å²) in [5.41, 5.74) is 1.14. The highest BCUT2D eigenvalue weighted by atomic mass is 16.5. The summed E-state index contributed by atoms with van der Waals surface area (Å²) in [7, 11) is 0. The summed E-state index contributed by atoms with van der Waals surface area (Å²) >= 11 is 0. The number of ether oxygens (including phenoxy) is 1. The number of rotatable bonds is 8. The third-order valence-electron chi connectivity index (χ3n) is 2.95. The zero-order valence-electron chi connectivity index (χ0n) is 10.4. The molecule has 1 fully saturated rings. The number of hydrogen-bond acceptors (Lipinski definition) is 3. The lowest BCUT2D eigenvalue weighted by atomic mass is 10.2. The molecule has 0 spiro atoms. The van der Waals surface area contributed by atoms with Crippen molar-refractivity contribution in [1.82, 2.24) is 5.32 Å². The first-order valence-corrected chi connectivity index (χ1v) is 6.38. The second-order valence-corrected chi connectivity index (χ2v) is 4.72. The normalized spacial score (nSPS) is 14.4. The molecule has 0 aliphatic heterocycles. The molecule has 98 valence electrons. The molecule has 0 amide bonds. The molecule has 0 unspecified atom stereocenters. The average molecular weight is 249 g/mol. The van der Waals surface area contributed by atoms with E-state index in [1.165, 1.54) is 12.8 Å². The molecule has 2 N–H and O–H groups in total. The van der Waals surface area contributed by atoms with E-state index in [-0.39, 0.29) is 6.42 Å². The van der Waals surface area contributed by atoms with Gasteiger partial charge in [-0.3, -0.25) is 4.79 Å². The molecule has 2 rings (SSSR count). The highest BCUT2D eigenvalue weighted by molar-refractivity contribution is 5.66. The maximum Gasteiger partial charge on any atom is 0.304 e. The molecule has 0 heterocycles. The minimum absolute atomic E-state index is 0.155. The molecule has 4 heteroatoms. The van der Waals surface area contributed by atoms with Crippen LogP contribution in [0.2, 0.25) is 0 Å². The molecule has 0 saturated heterocycles. The van der Waals surface area contributed by atoms with Crippen molar-refractivity contribution in [3.63, 3.8) is 0 Å². The first kappa shape index (κ1) is 12.9. The Kier molecular flexibility index (Phi) is 4.59. The Morgan fingerprint density at radius 2 is 2.06 bits per heavy atom. The Bertz CT molecular complexity index is 385. The van der Waals surface area contributed by atoms with E-state index < -0.39 is 5.97 Å². The molecule has 1 saturated carbocycles. The summed E-state index contributed by atoms with van der Waals surface area (Å²) < 4.78 is 5.64. The van der Waals surface area contributed by atoms with Gasteiger partial charge in [0.2, 0.25) is 0 Å². The van der Waals surface area contributed by atoms with Gasteiger partial charge < -0.3 is 15.2 Å². The lowest BCUT2D eigenvalue weighted by molar-refractivity contribution is -0.136. The summed E-state index contributed by atoms with van der Waals surface area (Å²) in [6, 6.07) is 7.96. The molecule has 18 heavy (non-hydrogen) atoms. The highest BCUT2D eigenvalue weighted by Crippen LogP contribution is 2.29. The SMILES string of the molecule is O=C(O)CCNCc1ccc(OCC2CC2)cc1. The lowest BCUT2D eigenvalue weighted by Gasteiger charge is -2.07. The predicted molar refractivity (Wildman–Crippen MR) is 68.6 cm³/mol. The van der Waals surface area contributed by atoms with E-state index in [1.54, 1.807) is 0 Å². The van der Waals surface area contributed by atoms with Gasteiger partial charge in [0, 0.05) is 13.1 Å². The molecule has 0 aromatic heterocycles. The largest absolute Gasteiger partial charge is 0.493 e. The van der Waals surface area contributed by atoms with Crippen molar-refractivity contribution in [2.24, 2.45) is 5.92 Å². The quantitative estimate of drug-likeness (QED) is 0.692. The summed E-state index contributed by atoms with van der Waals surface area (Å²) in [4.78, 5) is 10.3. The monoisotopic (exact) mass is 249 g/mol. The van der Waals surface area contributed by atoms with Gasteiger partial charge in [0.15, 0.2) is 0 Å². The van der Waals surface area contributed by atoms with E-state index in [9.17, 15) is 4.79 Å². The summed E-state index contributed by atoms with van der Waals surface area (Å²) in [6.45, 7) is 2.02. The van der Waals surface area contributed by atoms with E-state index in [0.717, 1.165) is 23.8 Å². The van der Waals surface area contributed by atoms with Gasteiger partial charge in [0.25, 0.3) is 0 Å². The molecule has 1 aromatic rings. The number of hydrogen-bond donors (Lipinski definition) is 2. The van der Waals surface area contributed by atoms with E-state index in [4.69, 9.17) is 9.84 Å². The third-order valence-corrected chi connectivity index (χ3v) is 2.95. The van der Waals surface area contributed by atoms with Gasteiger partial charge in [-0.15, -0.1) is 0 Å². The Morgan fingerprint density at radius 3 is 2.67 bits per heavy atom. The van der Waals surface area contributed by atoms with Crippen molar-refractivity contribution in [2.45, 2.75) is 25.8 Å². The highest BCUT2D eigenvalue weighted by Gasteiger charge is 2.21. The molecular formula is C14H19NO3. The van der Waals surface area contributed by atoms with Crippen molar-refractivity contribution >= 4 is 5.97 Å². The number of nitrogens with one attached hydrogen (secondary N) is 1. The third kappa shape index (κ3) is 4.75. The number of carboxylic acid groups (broad SMARTS) is 1. The molecular weight excluding hydrogens is 230 g/mol. The molecule has 1 aliphatic carbocycles. The van der Waals surface area contributed by atoms with E-state index in [1.807, 2.05) is 24.3 Å². The number of carbonyl (C=O) groups is 1. The average Bonchev–Trinajstić information content (AvgIpc) is 3.17. The van der Waals surface area contributed by atoms with Crippen LogP contribution in [0.3, 0.4) is 0 Å². The first-order chi connectivity index (χ1) is 8.74. The van der Waals surface area contributed by atoms with Crippen LogP contribution in [-0.4, -0.2) is 24.2 Å². The molecule has 1 aliphatic rings. The van der Waals surface area contributed by atoms with Gasteiger partial charge in [-0.2, -0.15) is 0 Å². The van der Waals surface area contributed by atoms with Crippen molar-refractivity contribution < 1.29 is 14.6 Å². The van der Waals surface area contributed by atoms with Crippen LogP contribution in [0.4, 0.5) is 0 Å². The van der Waals surface area contributed by atoms with Crippen molar-refractivity contribution in [3.8, 4) is 5.75 Å². The van der Waals surface area contributed by atoms with Gasteiger partial charge in [-0.1, -0.05) is 12.1 Å². The number of aliphatic carboxylic acids is 1. The Morgan fingerprint density at radius 1 is 1.33 bits per heavy atom. The Labute approximate surface area is 107 Å². The topological polar surface area (TPSA) is 58.6 Å². The van der Waals surface area contributed by atoms with E-state index >= 15 is 0 Å². The summed E-state index contributed by atoms with van der Waals surface area (Å²) in [6.07, 6.45) is 2.75. The van der Waals surface area contributed by atoms with Crippen LogP contribution >= 0.6 is 0 Å². The summed E-state index contributed by atoms with van der Waals surface area (Å²) in [5, 5.41) is 11.6.